The Balaban J connectivity index is 2.24. The second-order valence-corrected chi connectivity index (χ2v) is 5.84. The van der Waals surface area contributed by atoms with Gasteiger partial charge in [0.05, 0.1) is 17.7 Å². The topological polar surface area (TPSA) is 44.0 Å². The molecule has 2 nitrogen and oxygen atoms in total. The predicted molar refractivity (Wildman–Crippen MR) is 82.8 cm³/mol. The molecule has 0 spiro atoms. The molecule has 0 aliphatic heterocycles. The average molecular weight is 304 g/mol. The van der Waals surface area contributed by atoms with Crippen molar-refractivity contribution in [3.63, 3.8) is 0 Å². The quantitative estimate of drug-likeness (QED) is 0.842. The predicted octanol–water partition coefficient (Wildman–Crippen LogP) is 4.56. The molecule has 0 radical (unpaired) electrons. The van der Waals surface area contributed by atoms with Gasteiger partial charge in [-0.2, -0.15) is 5.26 Å². The molecular formula is C16H14ClNOS. The van der Waals surface area contributed by atoms with E-state index in [1.807, 2.05) is 30.3 Å². The summed E-state index contributed by atoms with van der Waals surface area (Å²) in [6.07, 6.45) is -0.559. The van der Waals surface area contributed by atoms with Gasteiger partial charge in [0, 0.05) is 15.7 Å². The lowest BCUT2D eigenvalue weighted by atomic mass is 10.1. The number of nitriles is 1. The summed E-state index contributed by atoms with van der Waals surface area (Å²) >= 11 is 7.71. The minimum atomic E-state index is -0.559. The van der Waals surface area contributed by atoms with Crippen molar-refractivity contribution >= 4 is 23.4 Å². The third-order valence-electron chi connectivity index (χ3n) is 2.93. The number of nitrogens with zero attached hydrogens (tertiary/aromatic N) is 1. The van der Waals surface area contributed by atoms with Crippen molar-refractivity contribution in [1.29, 1.82) is 5.26 Å². The van der Waals surface area contributed by atoms with Crippen molar-refractivity contribution in [1.82, 2.24) is 0 Å². The van der Waals surface area contributed by atoms with Gasteiger partial charge in [0.25, 0.3) is 0 Å². The molecule has 102 valence electrons. The highest BCUT2D eigenvalue weighted by atomic mass is 35.5. The largest absolute Gasteiger partial charge is 0.389 e. The van der Waals surface area contributed by atoms with Crippen molar-refractivity contribution in [3.8, 4) is 6.07 Å². The maximum absolute atomic E-state index is 9.80. The number of rotatable bonds is 4. The van der Waals surface area contributed by atoms with Crippen LogP contribution in [0.15, 0.2) is 47.4 Å². The van der Waals surface area contributed by atoms with Crippen LogP contribution in [0, 0.1) is 11.3 Å². The average Bonchev–Trinajstić information content (AvgIpc) is 2.46. The number of thioether (sulfide) groups is 1. The van der Waals surface area contributed by atoms with Gasteiger partial charge in [0.1, 0.15) is 0 Å². The second-order valence-electron chi connectivity index (χ2n) is 4.42. The van der Waals surface area contributed by atoms with Crippen molar-refractivity contribution in [2.24, 2.45) is 0 Å². The Morgan fingerprint density at radius 3 is 2.70 bits per heavy atom. The van der Waals surface area contributed by atoms with Crippen LogP contribution in [-0.2, 0) is 5.75 Å². The summed E-state index contributed by atoms with van der Waals surface area (Å²) in [6.45, 7) is 1.72. The molecule has 0 heterocycles. The molecule has 0 fully saturated rings. The first-order valence-electron chi connectivity index (χ1n) is 6.20. The fraction of sp³-hybridized carbons (Fsp3) is 0.188. The molecule has 2 aromatic carbocycles. The molecular weight excluding hydrogens is 290 g/mol. The lowest BCUT2D eigenvalue weighted by Gasteiger charge is -2.12. The van der Waals surface area contributed by atoms with Gasteiger partial charge in [-0.15, -0.1) is 11.8 Å². The van der Waals surface area contributed by atoms with Crippen LogP contribution in [0.5, 0.6) is 0 Å². The van der Waals surface area contributed by atoms with Gasteiger partial charge in [-0.1, -0.05) is 35.9 Å². The first-order chi connectivity index (χ1) is 9.61. The molecule has 2 aromatic rings. The zero-order chi connectivity index (χ0) is 14.5. The minimum Gasteiger partial charge on any atom is -0.389 e. The molecule has 0 aliphatic rings. The van der Waals surface area contributed by atoms with E-state index >= 15 is 0 Å². The van der Waals surface area contributed by atoms with Crippen LogP contribution in [0.2, 0.25) is 5.02 Å². The molecule has 20 heavy (non-hydrogen) atoms. The van der Waals surface area contributed by atoms with E-state index in [1.54, 1.807) is 30.8 Å². The first-order valence-corrected chi connectivity index (χ1v) is 7.56. The van der Waals surface area contributed by atoms with Crippen LogP contribution >= 0.6 is 23.4 Å². The summed E-state index contributed by atoms with van der Waals surface area (Å²) in [6, 6.07) is 15.1. The number of aliphatic hydroxyl groups excluding tert-OH is 1. The highest BCUT2D eigenvalue weighted by molar-refractivity contribution is 7.98. The smallest absolute Gasteiger partial charge is 0.0992 e. The Morgan fingerprint density at radius 1 is 1.30 bits per heavy atom. The molecule has 0 aliphatic carbocycles. The van der Waals surface area contributed by atoms with Gasteiger partial charge in [0.15, 0.2) is 0 Å². The Kier molecular flexibility index (Phi) is 5.08. The van der Waals surface area contributed by atoms with E-state index in [0.29, 0.717) is 11.3 Å². The normalized spacial score (nSPS) is 11.9. The summed E-state index contributed by atoms with van der Waals surface area (Å²) in [5.74, 6) is 0.703. The van der Waals surface area contributed by atoms with Crippen molar-refractivity contribution < 1.29 is 5.11 Å². The van der Waals surface area contributed by atoms with E-state index in [9.17, 15) is 5.11 Å². The van der Waals surface area contributed by atoms with Crippen molar-refractivity contribution in [3.05, 3.63) is 64.2 Å². The SMILES string of the molecule is CC(O)c1ccc(C#N)cc1SCc1ccccc1Cl. The van der Waals surface area contributed by atoms with Gasteiger partial charge >= 0.3 is 0 Å². The molecule has 0 bridgehead atoms. The number of hydrogen-bond donors (Lipinski definition) is 1. The Labute approximate surface area is 128 Å². The number of benzene rings is 2. The molecule has 1 N–H and O–H groups in total. The lowest BCUT2D eigenvalue weighted by Crippen LogP contribution is -1.95. The van der Waals surface area contributed by atoms with E-state index in [4.69, 9.17) is 16.9 Å². The van der Waals surface area contributed by atoms with E-state index < -0.39 is 6.10 Å². The monoisotopic (exact) mass is 303 g/mol. The minimum absolute atomic E-state index is 0.559. The Morgan fingerprint density at radius 2 is 2.05 bits per heavy atom. The van der Waals surface area contributed by atoms with Crippen LogP contribution in [0.25, 0.3) is 0 Å². The molecule has 0 amide bonds. The first kappa shape index (κ1) is 14.9. The van der Waals surface area contributed by atoms with E-state index in [1.165, 1.54) is 0 Å². The fourth-order valence-corrected chi connectivity index (χ4v) is 3.31. The van der Waals surface area contributed by atoms with E-state index in [0.717, 1.165) is 21.0 Å². The number of hydrogen-bond acceptors (Lipinski definition) is 3. The van der Waals surface area contributed by atoms with Crippen LogP contribution in [0.3, 0.4) is 0 Å². The third-order valence-corrected chi connectivity index (χ3v) is 4.42. The highest BCUT2D eigenvalue weighted by Crippen LogP contribution is 2.32. The lowest BCUT2D eigenvalue weighted by molar-refractivity contribution is 0.196. The Bertz CT molecular complexity index is 649. The maximum atomic E-state index is 9.80. The summed E-state index contributed by atoms with van der Waals surface area (Å²) < 4.78 is 0. The standard InChI is InChI=1S/C16H14ClNOS/c1-11(19)14-7-6-12(9-18)8-16(14)20-10-13-4-2-3-5-15(13)17/h2-8,11,19H,10H2,1H3. The van der Waals surface area contributed by atoms with Crippen LogP contribution < -0.4 is 0 Å². The van der Waals surface area contributed by atoms with Gasteiger partial charge in [0.2, 0.25) is 0 Å². The molecule has 1 unspecified atom stereocenters. The molecule has 0 aromatic heterocycles. The number of aliphatic hydroxyl groups is 1. The summed E-state index contributed by atoms with van der Waals surface area (Å²) in [5, 5.41) is 19.5. The third kappa shape index (κ3) is 3.55. The highest BCUT2D eigenvalue weighted by Gasteiger charge is 2.10. The van der Waals surface area contributed by atoms with E-state index in [-0.39, 0.29) is 0 Å². The fourth-order valence-electron chi connectivity index (χ4n) is 1.85. The molecule has 4 heteroatoms. The van der Waals surface area contributed by atoms with Crippen LogP contribution in [-0.4, -0.2) is 5.11 Å². The summed E-state index contributed by atoms with van der Waals surface area (Å²) in [5.41, 5.74) is 2.47. The van der Waals surface area contributed by atoms with Gasteiger partial charge < -0.3 is 5.11 Å². The summed E-state index contributed by atoms with van der Waals surface area (Å²) in [7, 11) is 0. The zero-order valence-electron chi connectivity index (χ0n) is 11.0. The second kappa shape index (κ2) is 6.81. The maximum Gasteiger partial charge on any atom is 0.0992 e. The van der Waals surface area contributed by atoms with Crippen molar-refractivity contribution in [2.75, 3.05) is 0 Å². The molecule has 0 saturated carbocycles. The van der Waals surface area contributed by atoms with Gasteiger partial charge in [-0.05, 0) is 36.2 Å². The van der Waals surface area contributed by atoms with Crippen LogP contribution in [0.1, 0.15) is 29.7 Å². The number of halogens is 1. The van der Waals surface area contributed by atoms with Gasteiger partial charge in [-0.25, -0.2) is 0 Å². The van der Waals surface area contributed by atoms with Crippen LogP contribution in [0.4, 0.5) is 0 Å². The van der Waals surface area contributed by atoms with Crippen molar-refractivity contribution in [2.45, 2.75) is 23.7 Å². The van der Waals surface area contributed by atoms with Gasteiger partial charge in [-0.3, -0.25) is 0 Å². The summed E-state index contributed by atoms with van der Waals surface area (Å²) in [4.78, 5) is 0.916. The zero-order valence-corrected chi connectivity index (χ0v) is 12.6. The Hall–Kier alpha value is -1.47. The van der Waals surface area contributed by atoms with E-state index in [2.05, 4.69) is 6.07 Å². The molecule has 0 saturated heterocycles. The molecule has 1 atom stereocenters. The molecule has 2 rings (SSSR count).